The zero-order valence-electron chi connectivity index (χ0n) is 17.9. The average Bonchev–Trinajstić information content (AvgIpc) is 2.83. The molecule has 0 aromatic heterocycles. The number of hydrogen-bond donors (Lipinski definition) is 1. The molecule has 0 radical (unpaired) electrons. The second kappa shape index (κ2) is 12.3. The minimum absolute atomic E-state index is 0.162. The molecule has 0 spiro atoms. The molecule has 0 saturated heterocycles. The Balaban J connectivity index is 1.88. The van der Waals surface area contributed by atoms with Gasteiger partial charge in [-0.25, -0.2) is 0 Å². The third kappa shape index (κ3) is 7.41. The number of likely N-dealkylation sites (N-methyl/N-ethyl adjacent to an activating group) is 1. The molecule has 0 heterocycles. The molecular formula is C25H23Cl3N2O2S. The summed E-state index contributed by atoms with van der Waals surface area (Å²) in [5.74, 6) is -0.222. The van der Waals surface area contributed by atoms with E-state index in [1.54, 1.807) is 36.2 Å². The number of carbonyl (C=O) groups is 2. The van der Waals surface area contributed by atoms with Crippen molar-refractivity contribution < 1.29 is 9.59 Å². The van der Waals surface area contributed by atoms with Crippen LogP contribution in [-0.4, -0.2) is 35.6 Å². The maximum Gasteiger partial charge on any atom is 0.242 e. The zero-order chi connectivity index (χ0) is 23.8. The Bertz CT molecular complexity index is 1090. The maximum atomic E-state index is 13.4. The summed E-state index contributed by atoms with van der Waals surface area (Å²) >= 11 is 19.6. The largest absolute Gasteiger partial charge is 0.357 e. The number of amides is 2. The van der Waals surface area contributed by atoms with Crippen molar-refractivity contribution in [2.45, 2.75) is 23.9 Å². The van der Waals surface area contributed by atoms with Gasteiger partial charge in [0.2, 0.25) is 11.8 Å². The fourth-order valence-electron chi connectivity index (χ4n) is 3.31. The van der Waals surface area contributed by atoms with Gasteiger partial charge in [-0.15, -0.1) is 11.8 Å². The number of benzene rings is 3. The van der Waals surface area contributed by atoms with Crippen LogP contribution in [-0.2, 0) is 22.6 Å². The van der Waals surface area contributed by atoms with Crippen LogP contribution in [0.15, 0.2) is 77.7 Å². The molecule has 0 aliphatic rings. The van der Waals surface area contributed by atoms with E-state index < -0.39 is 6.04 Å². The van der Waals surface area contributed by atoms with E-state index in [-0.39, 0.29) is 24.1 Å². The van der Waals surface area contributed by atoms with E-state index in [0.717, 1.165) is 16.0 Å². The molecule has 0 fully saturated rings. The van der Waals surface area contributed by atoms with Crippen molar-refractivity contribution in [3.8, 4) is 0 Å². The van der Waals surface area contributed by atoms with Crippen LogP contribution in [0.5, 0.6) is 0 Å². The molecule has 8 heteroatoms. The Hall–Kier alpha value is -2.18. The lowest BCUT2D eigenvalue weighted by molar-refractivity contribution is -0.139. The van der Waals surface area contributed by atoms with E-state index in [1.807, 2.05) is 48.5 Å². The first kappa shape index (κ1) is 25.4. The molecule has 4 nitrogen and oxygen atoms in total. The number of hydrogen-bond acceptors (Lipinski definition) is 3. The highest BCUT2D eigenvalue weighted by atomic mass is 35.5. The molecule has 2 amide bonds. The lowest BCUT2D eigenvalue weighted by Gasteiger charge is -2.31. The Morgan fingerprint density at radius 2 is 1.61 bits per heavy atom. The number of nitrogens with zero attached hydrogens (tertiary/aromatic N) is 1. The Labute approximate surface area is 213 Å². The number of nitrogens with one attached hydrogen (secondary N) is 1. The Morgan fingerprint density at radius 3 is 2.24 bits per heavy atom. The van der Waals surface area contributed by atoms with Crippen LogP contribution in [0.1, 0.15) is 11.1 Å². The Kier molecular flexibility index (Phi) is 9.51. The van der Waals surface area contributed by atoms with Crippen molar-refractivity contribution in [1.82, 2.24) is 10.2 Å². The predicted octanol–water partition coefficient (Wildman–Crippen LogP) is 6.13. The van der Waals surface area contributed by atoms with Gasteiger partial charge < -0.3 is 10.2 Å². The number of halogens is 3. The zero-order valence-corrected chi connectivity index (χ0v) is 21.0. The van der Waals surface area contributed by atoms with E-state index in [9.17, 15) is 9.59 Å². The summed E-state index contributed by atoms with van der Waals surface area (Å²) < 4.78 is 0. The minimum atomic E-state index is -0.690. The molecule has 0 aliphatic heterocycles. The van der Waals surface area contributed by atoms with Crippen LogP contribution >= 0.6 is 46.6 Å². The fraction of sp³-hybridized carbons (Fsp3) is 0.200. The van der Waals surface area contributed by atoms with E-state index in [4.69, 9.17) is 34.8 Å². The molecule has 3 rings (SSSR count). The monoisotopic (exact) mass is 520 g/mol. The molecule has 0 bridgehead atoms. The second-order valence-electron chi connectivity index (χ2n) is 7.33. The first-order valence-electron chi connectivity index (χ1n) is 10.2. The molecule has 0 saturated carbocycles. The third-order valence-electron chi connectivity index (χ3n) is 5.03. The summed E-state index contributed by atoms with van der Waals surface area (Å²) in [4.78, 5) is 28.9. The first-order valence-corrected chi connectivity index (χ1v) is 12.4. The standard InChI is InChI=1S/C25H23Cl3N2O2S/c1-29-25(32)23(14-17-5-3-2-4-6-17)30(15-18-7-12-21(27)22(28)13-18)24(31)16-33-20-10-8-19(26)9-11-20/h2-13,23H,14-16H2,1H3,(H,29,32). The molecular weight excluding hydrogens is 499 g/mol. The summed E-state index contributed by atoms with van der Waals surface area (Å²) in [7, 11) is 1.57. The smallest absolute Gasteiger partial charge is 0.242 e. The van der Waals surface area contributed by atoms with E-state index in [1.165, 1.54) is 11.8 Å². The molecule has 0 aliphatic carbocycles. The molecule has 3 aromatic carbocycles. The van der Waals surface area contributed by atoms with Crippen LogP contribution in [0, 0.1) is 0 Å². The molecule has 3 aromatic rings. The normalized spacial score (nSPS) is 11.6. The van der Waals surface area contributed by atoms with Crippen molar-refractivity contribution in [2.75, 3.05) is 12.8 Å². The van der Waals surface area contributed by atoms with Gasteiger partial charge in [-0.05, 0) is 47.5 Å². The van der Waals surface area contributed by atoms with Gasteiger partial charge in [0, 0.05) is 29.9 Å². The van der Waals surface area contributed by atoms with Gasteiger partial charge in [-0.1, -0.05) is 71.2 Å². The van der Waals surface area contributed by atoms with Crippen LogP contribution in [0.25, 0.3) is 0 Å². The van der Waals surface area contributed by atoms with Crippen molar-refractivity contribution >= 4 is 58.4 Å². The highest BCUT2D eigenvalue weighted by Crippen LogP contribution is 2.26. The number of thioether (sulfide) groups is 1. The summed E-state index contributed by atoms with van der Waals surface area (Å²) in [5, 5.41) is 4.17. The van der Waals surface area contributed by atoms with Gasteiger partial charge in [0.25, 0.3) is 0 Å². The van der Waals surface area contributed by atoms with Crippen LogP contribution in [0.3, 0.4) is 0 Å². The molecule has 1 atom stereocenters. The molecule has 1 unspecified atom stereocenters. The maximum absolute atomic E-state index is 13.4. The highest BCUT2D eigenvalue weighted by molar-refractivity contribution is 8.00. The molecule has 1 N–H and O–H groups in total. The van der Waals surface area contributed by atoms with Crippen LogP contribution in [0.4, 0.5) is 0 Å². The third-order valence-corrected chi connectivity index (χ3v) is 7.02. The predicted molar refractivity (Wildman–Crippen MR) is 137 cm³/mol. The van der Waals surface area contributed by atoms with Gasteiger partial charge in [0.1, 0.15) is 6.04 Å². The average molecular weight is 522 g/mol. The Morgan fingerprint density at radius 1 is 0.909 bits per heavy atom. The highest BCUT2D eigenvalue weighted by Gasteiger charge is 2.29. The topological polar surface area (TPSA) is 49.4 Å². The van der Waals surface area contributed by atoms with Crippen molar-refractivity contribution in [1.29, 1.82) is 0 Å². The van der Waals surface area contributed by atoms with E-state index in [2.05, 4.69) is 5.32 Å². The van der Waals surface area contributed by atoms with Crippen molar-refractivity contribution in [3.05, 3.63) is 99.0 Å². The molecule has 33 heavy (non-hydrogen) atoms. The lowest BCUT2D eigenvalue weighted by atomic mass is 10.0. The number of rotatable bonds is 9. The summed E-state index contributed by atoms with van der Waals surface area (Å²) in [6.07, 6.45) is 0.388. The first-order chi connectivity index (χ1) is 15.9. The van der Waals surface area contributed by atoms with Crippen molar-refractivity contribution in [2.24, 2.45) is 0 Å². The van der Waals surface area contributed by atoms with Crippen LogP contribution in [0.2, 0.25) is 15.1 Å². The quantitative estimate of drug-likeness (QED) is 0.345. The van der Waals surface area contributed by atoms with Gasteiger partial charge in [0.05, 0.1) is 15.8 Å². The lowest BCUT2D eigenvalue weighted by Crippen LogP contribution is -2.50. The van der Waals surface area contributed by atoms with Gasteiger partial charge in [0.15, 0.2) is 0 Å². The van der Waals surface area contributed by atoms with E-state index >= 15 is 0 Å². The SMILES string of the molecule is CNC(=O)C(Cc1ccccc1)N(Cc1ccc(Cl)c(Cl)c1)C(=O)CSc1ccc(Cl)cc1. The molecule has 172 valence electrons. The summed E-state index contributed by atoms with van der Waals surface area (Å²) in [5.41, 5.74) is 1.75. The summed E-state index contributed by atoms with van der Waals surface area (Å²) in [6, 6.07) is 21.5. The van der Waals surface area contributed by atoms with E-state index in [0.29, 0.717) is 21.5 Å². The van der Waals surface area contributed by atoms with Gasteiger partial charge in [-0.3, -0.25) is 9.59 Å². The second-order valence-corrected chi connectivity index (χ2v) is 9.63. The van der Waals surface area contributed by atoms with Crippen LogP contribution < -0.4 is 5.32 Å². The minimum Gasteiger partial charge on any atom is -0.357 e. The fourth-order valence-corrected chi connectivity index (χ4v) is 4.55. The van der Waals surface area contributed by atoms with Gasteiger partial charge >= 0.3 is 0 Å². The summed E-state index contributed by atoms with van der Waals surface area (Å²) in [6.45, 7) is 0.224. The number of carbonyl (C=O) groups excluding carboxylic acids is 2. The van der Waals surface area contributed by atoms with Gasteiger partial charge in [-0.2, -0.15) is 0 Å². The van der Waals surface area contributed by atoms with Crippen molar-refractivity contribution in [3.63, 3.8) is 0 Å².